The summed E-state index contributed by atoms with van der Waals surface area (Å²) in [6.07, 6.45) is 2.86. The molecule has 1 unspecified atom stereocenters. The van der Waals surface area contributed by atoms with Crippen molar-refractivity contribution in [3.63, 3.8) is 0 Å². The Kier molecular flexibility index (Phi) is 7.29. The van der Waals surface area contributed by atoms with E-state index in [-0.39, 0.29) is 12.0 Å². The highest BCUT2D eigenvalue weighted by Gasteiger charge is 2.36. The fourth-order valence-electron chi connectivity index (χ4n) is 3.48. The van der Waals surface area contributed by atoms with E-state index < -0.39 is 0 Å². The lowest BCUT2D eigenvalue weighted by Gasteiger charge is -2.24. The van der Waals surface area contributed by atoms with Crippen LogP contribution in [0, 0.1) is 0 Å². The van der Waals surface area contributed by atoms with Crippen molar-refractivity contribution >= 4 is 27.6 Å². The summed E-state index contributed by atoms with van der Waals surface area (Å²) >= 11 is 3.48. The zero-order valence-corrected chi connectivity index (χ0v) is 18.0. The van der Waals surface area contributed by atoms with Gasteiger partial charge < -0.3 is 9.75 Å². The van der Waals surface area contributed by atoms with E-state index in [9.17, 15) is 4.79 Å². The molecule has 0 saturated heterocycles. The highest BCUT2D eigenvalue weighted by Crippen LogP contribution is 2.32. The van der Waals surface area contributed by atoms with Crippen molar-refractivity contribution in [2.75, 3.05) is 13.2 Å². The van der Waals surface area contributed by atoms with Gasteiger partial charge in [0.15, 0.2) is 0 Å². The first-order valence-electron chi connectivity index (χ1n) is 9.88. The zero-order valence-electron chi connectivity index (χ0n) is 16.5. The largest absolute Gasteiger partial charge is 0.463 e. The number of esters is 1. The molecule has 1 N–H and O–H groups in total. The Morgan fingerprint density at radius 1 is 1.11 bits per heavy atom. The Labute approximate surface area is 175 Å². The first-order valence-corrected chi connectivity index (χ1v) is 10.7. The van der Waals surface area contributed by atoms with Crippen LogP contribution in [0.3, 0.4) is 0 Å². The van der Waals surface area contributed by atoms with Gasteiger partial charge in [0.2, 0.25) is 0 Å². The quantitative estimate of drug-likeness (QED) is 0.586. The standard InChI is InChI=1S/C23H27BrN2O2/c1-3-5-15-26-22(18-9-7-6-8-10-18)21(23(27)28-4-2)20(25-26)16-17-11-13-19(24)14-12-17/h6-14,20,25H,3-5,15-16H2,1-2H3. The van der Waals surface area contributed by atoms with Gasteiger partial charge in [-0.1, -0.05) is 71.7 Å². The van der Waals surface area contributed by atoms with Crippen LogP contribution in [0.5, 0.6) is 0 Å². The van der Waals surface area contributed by atoms with Gasteiger partial charge >= 0.3 is 5.97 Å². The number of benzene rings is 2. The van der Waals surface area contributed by atoms with Crippen molar-refractivity contribution in [2.45, 2.75) is 39.2 Å². The number of carbonyl (C=O) groups excluding carboxylic acids is 1. The number of hydrazine groups is 1. The number of rotatable bonds is 8. The molecule has 0 bridgehead atoms. The summed E-state index contributed by atoms with van der Waals surface area (Å²) in [6, 6.07) is 18.2. The topological polar surface area (TPSA) is 41.6 Å². The molecule has 0 saturated carbocycles. The summed E-state index contributed by atoms with van der Waals surface area (Å²) in [4.78, 5) is 12.9. The SMILES string of the molecule is CCCCN1NC(Cc2ccc(Br)cc2)C(C(=O)OCC)=C1c1ccccc1. The van der Waals surface area contributed by atoms with Crippen LogP contribution in [-0.2, 0) is 16.0 Å². The van der Waals surface area contributed by atoms with Crippen LogP contribution in [-0.4, -0.2) is 30.2 Å². The first-order chi connectivity index (χ1) is 13.6. The third kappa shape index (κ3) is 4.83. The maximum absolute atomic E-state index is 12.9. The average Bonchev–Trinajstić information content (AvgIpc) is 3.07. The van der Waals surface area contributed by atoms with Crippen LogP contribution >= 0.6 is 15.9 Å². The minimum absolute atomic E-state index is 0.118. The minimum Gasteiger partial charge on any atom is -0.463 e. The molecule has 2 aromatic rings. The van der Waals surface area contributed by atoms with E-state index in [1.54, 1.807) is 0 Å². The Hall–Kier alpha value is -2.11. The molecule has 0 aliphatic carbocycles. The Balaban J connectivity index is 2.01. The van der Waals surface area contributed by atoms with E-state index in [4.69, 9.17) is 4.74 Å². The van der Waals surface area contributed by atoms with E-state index in [2.05, 4.69) is 57.6 Å². The molecule has 1 aliphatic rings. The van der Waals surface area contributed by atoms with Gasteiger partial charge in [-0.15, -0.1) is 0 Å². The number of nitrogens with one attached hydrogen (secondary N) is 1. The molecule has 3 rings (SSSR count). The van der Waals surface area contributed by atoms with Crippen LogP contribution in [0.15, 0.2) is 64.6 Å². The van der Waals surface area contributed by atoms with Crippen molar-refractivity contribution in [3.05, 3.63) is 75.8 Å². The molecule has 4 nitrogen and oxygen atoms in total. The molecule has 0 amide bonds. The molecule has 2 aromatic carbocycles. The minimum atomic E-state index is -0.241. The average molecular weight is 443 g/mol. The van der Waals surface area contributed by atoms with E-state index >= 15 is 0 Å². The van der Waals surface area contributed by atoms with Crippen LogP contribution in [0.4, 0.5) is 0 Å². The molecule has 5 heteroatoms. The van der Waals surface area contributed by atoms with Gasteiger partial charge in [-0.25, -0.2) is 10.2 Å². The highest BCUT2D eigenvalue weighted by atomic mass is 79.9. The lowest BCUT2D eigenvalue weighted by molar-refractivity contribution is -0.138. The predicted molar refractivity (Wildman–Crippen MR) is 116 cm³/mol. The molecule has 0 radical (unpaired) electrons. The van der Waals surface area contributed by atoms with E-state index in [0.717, 1.165) is 41.5 Å². The third-order valence-corrected chi connectivity index (χ3v) is 5.34. The molecule has 0 fully saturated rings. The van der Waals surface area contributed by atoms with Gasteiger partial charge in [0.05, 0.1) is 23.9 Å². The van der Waals surface area contributed by atoms with Crippen molar-refractivity contribution in [1.82, 2.24) is 10.4 Å². The molecule has 148 valence electrons. The predicted octanol–water partition coefficient (Wildman–Crippen LogP) is 4.95. The van der Waals surface area contributed by atoms with Crippen molar-refractivity contribution in [3.8, 4) is 0 Å². The molecule has 0 aromatic heterocycles. The van der Waals surface area contributed by atoms with Gasteiger partial charge in [0.1, 0.15) is 0 Å². The summed E-state index contributed by atoms with van der Waals surface area (Å²) in [5.41, 5.74) is 7.44. The zero-order chi connectivity index (χ0) is 19.9. The third-order valence-electron chi connectivity index (χ3n) is 4.82. The first kappa shape index (κ1) is 20.6. The van der Waals surface area contributed by atoms with Gasteiger partial charge in [0, 0.05) is 11.0 Å². The van der Waals surface area contributed by atoms with Crippen molar-refractivity contribution < 1.29 is 9.53 Å². The molecular weight excluding hydrogens is 416 g/mol. The van der Waals surface area contributed by atoms with E-state index in [1.807, 2.05) is 37.3 Å². The summed E-state index contributed by atoms with van der Waals surface area (Å²) in [5, 5.41) is 2.13. The Morgan fingerprint density at radius 3 is 2.46 bits per heavy atom. The molecular formula is C23H27BrN2O2. The maximum atomic E-state index is 12.9. The van der Waals surface area contributed by atoms with Crippen LogP contribution < -0.4 is 5.43 Å². The normalized spacial score (nSPS) is 16.5. The van der Waals surface area contributed by atoms with Crippen LogP contribution in [0.25, 0.3) is 5.70 Å². The summed E-state index contributed by atoms with van der Waals surface area (Å²) in [7, 11) is 0. The Morgan fingerprint density at radius 2 is 1.82 bits per heavy atom. The second-order valence-electron chi connectivity index (χ2n) is 6.87. The van der Waals surface area contributed by atoms with Gasteiger partial charge in [-0.05, 0) is 43.0 Å². The fraction of sp³-hybridized carbons (Fsp3) is 0.348. The van der Waals surface area contributed by atoms with Gasteiger partial charge in [-0.3, -0.25) is 0 Å². The van der Waals surface area contributed by atoms with Crippen LogP contribution in [0.2, 0.25) is 0 Å². The molecule has 1 heterocycles. The number of nitrogens with zero attached hydrogens (tertiary/aromatic N) is 1. The lowest BCUT2D eigenvalue weighted by Crippen LogP contribution is -2.39. The van der Waals surface area contributed by atoms with E-state index in [1.165, 1.54) is 5.56 Å². The number of carbonyl (C=O) groups is 1. The van der Waals surface area contributed by atoms with Crippen molar-refractivity contribution in [1.29, 1.82) is 0 Å². The van der Waals surface area contributed by atoms with Crippen LogP contribution in [0.1, 0.15) is 37.8 Å². The van der Waals surface area contributed by atoms with Gasteiger partial charge in [-0.2, -0.15) is 0 Å². The molecule has 1 aliphatic heterocycles. The fourth-order valence-corrected chi connectivity index (χ4v) is 3.74. The Bertz CT molecular complexity index is 818. The molecule has 1 atom stereocenters. The number of halogens is 1. The number of unbranched alkanes of at least 4 members (excludes halogenated alkanes) is 1. The number of hydrogen-bond donors (Lipinski definition) is 1. The van der Waals surface area contributed by atoms with E-state index in [0.29, 0.717) is 12.2 Å². The van der Waals surface area contributed by atoms with Gasteiger partial charge in [0.25, 0.3) is 0 Å². The smallest absolute Gasteiger partial charge is 0.337 e. The number of ether oxygens (including phenoxy) is 1. The summed E-state index contributed by atoms with van der Waals surface area (Å²) < 4.78 is 6.49. The second-order valence-corrected chi connectivity index (χ2v) is 7.78. The summed E-state index contributed by atoms with van der Waals surface area (Å²) in [6.45, 7) is 5.24. The monoisotopic (exact) mass is 442 g/mol. The molecule has 0 spiro atoms. The van der Waals surface area contributed by atoms with Crippen molar-refractivity contribution in [2.24, 2.45) is 0 Å². The lowest BCUT2D eigenvalue weighted by atomic mass is 9.96. The maximum Gasteiger partial charge on any atom is 0.337 e. The second kappa shape index (κ2) is 9.89. The summed E-state index contributed by atoms with van der Waals surface area (Å²) in [5.74, 6) is -0.241. The molecule has 28 heavy (non-hydrogen) atoms. The highest BCUT2D eigenvalue weighted by molar-refractivity contribution is 9.10. The number of hydrogen-bond acceptors (Lipinski definition) is 4.